The summed E-state index contributed by atoms with van der Waals surface area (Å²) in [6, 6.07) is 8.63. The van der Waals surface area contributed by atoms with E-state index in [1.165, 1.54) is 14.0 Å². The van der Waals surface area contributed by atoms with Crippen LogP contribution in [0, 0.1) is 20.8 Å². The van der Waals surface area contributed by atoms with Crippen LogP contribution < -0.4 is 0 Å². The first-order chi connectivity index (χ1) is 14.2. The number of aromatic amines is 1. The quantitative estimate of drug-likeness (QED) is 0.495. The van der Waals surface area contributed by atoms with E-state index in [1.54, 1.807) is 49.0 Å². The van der Waals surface area contributed by atoms with E-state index >= 15 is 0 Å². The molecule has 0 saturated heterocycles. The zero-order valence-corrected chi connectivity index (χ0v) is 17.5. The molecule has 1 aromatic carbocycles. The van der Waals surface area contributed by atoms with E-state index in [4.69, 9.17) is 9.47 Å². The number of nitrogens with one attached hydrogen (secondary N) is 1. The number of Topliss-reactive ketones (excluding diaryl/α,β-unsaturated/α-hetero) is 1. The Morgan fingerprint density at radius 3 is 2.27 bits per heavy atom. The Labute approximate surface area is 173 Å². The minimum atomic E-state index is -1.03. The Balaban J connectivity index is 1.73. The van der Waals surface area contributed by atoms with Gasteiger partial charge in [0.15, 0.2) is 6.10 Å². The van der Waals surface area contributed by atoms with Gasteiger partial charge >= 0.3 is 11.9 Å². The summed E-state index contributed by atoms with van der Waals surface area (Å²) in [7, 11) is 1.28. The molecule has 0 saturated carbocycles. The molecule has 8 heteroatoms. The van der Waals surface area contributed by atoms with Crippen molar-refractivity contribution in [2.24, 2.45) is 0 Å². The van der Waals surface area contributed by atoms with Crippen LogP contribution in [0.1, 0.15) is 55.1 Å². The molecule has 1 N–H and O–H groups in total. The standard InChI is InChI=1S/C22H23N3O5/c1-12-10-11-23-25(12)17-8-6-16(7-9-17)21(27)30-15(4)20(26)19-13(2)18(14(3)24-19)22(28)29-5/h6-11,15,24H,1-5H3/t15-/m0/s1. The molecular formula is C22H23N3O5. The molecule has 156 valence electrons. The van der Waals surface area contributed by atoms with E-state index in [-0.39, 0.29) is 5.69 Å². The van der Waals surface area contributed by atoms with Crippen molar-refractivity contribution < 1.29 is 23.9 Å². The lowest BCUT2D eigenvalue weighted by atomic mass is 10.1. The minimum absolute atomic E-state index is 0.220. The number of rotatable bonds is 6. The van der Waals surface area contributed by atoms with E-state index in [0.29, 0.717) is 22.4 Å². The lowest BCUT2D eigenvalue weighted by Crippen LogP contribution is -2.25. The number of hydrogen-bond acceptors (Lipinski definition) is 6. The molecule has 30 heavy (non-hydrogen) atoms. The third-order valence-corrected chi connectivity index (χ3v) is 4.91. The van der Waals surface area contributed by atoms with Gasteiger partial charge in [0.2, 0.25) is 5.78 Å². The molecule has 0 bridgehead atoms. The van der Waals surface area contributed by atoms with Crippen molar-refractivity contribution >= 4 is 17.7 Å². The molecule has 0 radical (unpaired) electrons. The Hall–Kier alpha value is -3.68. The average Bonchev–Trinajstić information content (AvgIpc) is 3.29. The van der Waals surface area contributed by atoms with Crippen LogP contribution >= 0.6 is 0 Å². The lowest BCUT2D eigenvalue weighted by Gasteiger charge is -2.13. The number of ketones is 1. The van der Waals surface area contributed by atoms with Gasteiger partial charge in [-0.05, 0) is 63.6 Å². The highest BCUT2D eigenvalue weighted by Gasteiger charge is 2.27. The van der Waals surface area contributed by atoms with Crippen molar-refractivity contribution in [2.45, 2.75) is 33.8 Å². The predicted octanol–water partition coefficient (Wildman–Crippen LogP) is 3.34. The topological polar surface area (TPSA) is 103 Å². The number of ether oxygens (including phenoxy) is 2. The van der Waals surface area contributed by atoms with E-state index in [2.05, 4.69) is 10.1 Å². The Bertz CT molecular complexity index is 1110. The van der Waals surface area contributed by atoms with E-state index < -0.39 is 23.8 Å². The highest BCUT2D eigenvalue weighted by molar-refractivity contribution is 6.04. The minimum Gasteiger partial charge on any atom is -0.465 e. The Morgan fingerprint density at radius 2 is 1.70 bits per heavy atom. The molecule has 2 heterocycles. The highest BCUT2D eigenvalue weighted by Crippen LogP contribution is 2.21. The van der Waals surface area contributed by atoms with Gasteiger partial charge in [0.05, 0.1) is 29.6 Å². The summed E-state index contributed by atoms with van der Waals surface area (Å²) in [5, 5.41) is 4.22. The number of carbonyl (C=O) groups is 3. The molecule has 3 aromatic rings. The molecule has 0 aliphatic carbocycles. The van der Waals surface area contributed by atoms with Crippen LogP contribution in [0.2, 0.25) is 0 Å². The first-order valence-electron chi connectivity index (χ1n) is 9.38. The maximum atomic E-state index is 12.8. The molecular weight excluding hydrogens is 386 g/mol. The van der Waals surface area contributed by atoms with Gasteiger partial charge < -0.3 is 14.5 Å². The van der Waals surface area contributed by atoms with Crippen LogP contribution in [-0.4, -0.2) is 45.7 Å². The van der Waals surface area contributed by atoms with Gasteiger partial charge in [-0.15, -0.1) is 0 Å². The van der Waals surface area contributed by atoms with Crippen molar-refractivity contribution in [2.75, 3.05) is 7.11 Å². The van der Waals surface area contributed by atoms with Gasteiger partial charge in [-0.3, -0.25) is 4.79 Å². The number of aromatic nitrogens is 3. The van der Waals surface area contributed by atoms with Crippen LogP contribution in [0.3, 0.4) is 0 Å². The number of hydrogen-bond donors (Lipinski definition) is 1. The summed E-state index contributed by atoms with van der Waals surface area (Å²) < 4.78 is 11.9. The van der Waals surface area contributed by atoms with E-state index in [1.807, 2.05) is 13.0 Å². The molecule has 0 fully saturated rings. The first-order valence-corrected chi connectivity index (χ1v) is 9.38. The zero-order chi connectivity index (χ0) is 22.0. The fraction of sp³-hybridized carbons (Fsp3) is 0.273. The fourth-order valence-electron chi connectivity index (χ4n) is 3.27. The molecule has 3 rings (SSSR count). The first kappa shape index (κ1) is 21.0. The summed E-state index contributed by atoms with van der Waals surface area (Å²) in [5.74, 6) is -1.57. The maximum absolute atomic E-state index is 12.8. The summed E-state index contributed by atoms with van der Waals surface area (Å²) in [5.41, 5.74) is 3.61. The third kappa shape index (κ3) is 3.89. The lowest BCUT2D eigenvalue weighted by molar-refractivity contribution is 0.0316. The van der Waals surface area contributed by atoms with Crippen LogP contribution in [0.5, 0.6) is 0 Å². The number of aryl methyl sites for hydroxylation is 2. The third-order valence-electron chi connectivity index (χ3n) is 4.91. The van der Waals surface area contributed by atoms with Crippen LogP contribution in [0.4, 0.5) is 0 Å². The number of carbonyl (C=O) groups excluding carboxylic acids is 3. The molecule has 0 aliphatic rings. The summed E-state index contributed by atoms with van der Waals surface area (Å²) in [6.45, 7) is 6.75. The van der Waals surface area contributed by atoms with E-state index in [0.717, 1.165) is 11.4 Å². The average molecular weight is 409 g/mol. The van der Waals surface area contributed by atoms with Crippen LogP contribution in [0.25, 0.3) is 5.69 Å². The number of benzene rings is 1. The normalized spacial score (nSPS) is 11.8. The number of H-pyrrole nitrogens is 1. The van der Waals surface area contributed by atoms with Gasteiger partial charge in [0, 0.05) is 17.6 Å². The predicted molar refractivity (Wildman–Crippen MR) is 109 cm³/mol. The maximum Gasteiger partial charge on any atom is 0.339 e. The smallest absolute Gasteiger partial charge is 0.339 e. The zero-order valence-electron chi connectivity index (χ0n) is 17.5. The molecule has 8 nitrogen and oxygen atoms in total. The second-order valence-electron chi connectivity index (χ2n) is 6.96. The monoisotopic (exact) mass is 409 g/mol. The van der Waals surface area contributed by atoms with Crippen LogP contribution in [0.15, 0.2) is 36.5 Å². The van der Waals surface area contributed by atoms with Crippen molar-refractivity contribution in [3.05, 3.63) is 70.3 Å². The van der Waals surface area contributed by atoms with Gasteiger partial charge in [0.1, 0.15) is 0 Å². The highest BCUT2D eigenvalue weighted by atomic mass is 16.5. The Kier molecular flexibility index (Phi) is 5.86. The van der Waals surface area contributed by atoms with Crippen LogP contribution in [-0.2, 0) is 9.47 Å². The van der Waals surface area contributed by atoms with Crippen molar-refractivity contribution in [1.29, 1.82) is 0 Å². The summed E-state index contributed by atoms with van der Waals surface area (Å²) >= 11 is 0. The largest absolute Gasteiger partial charge is 0.465 e. The number of methoxy groups -OCH3 is 1. The molecule has 1 atom stereocenters. The molecule has 0 unspecified atom stereocenters. The number of esters is 2. The molecule has 0 spiro atoms. The van der Waals surface area contributed by atoms with Crippen molar-refractivity contribution in [3.63, 3.8) is 0 Å². The van der Waals surface area contributed by atoms with Gasteiger partial charge in [-0.2, -0.15) is 5.10 Å². The molecule has 0 amide bonds. The summed E-state index contributed by atoms with van der Waals surface area (Å²) in [4.78, 5) is 40.1. The summed E-state index contributed by atoms with van der Waals surface area (Å²) in [6.07, 6.45) is 0.661. The second kappa shape index (κ2) is 8.36. The van der Waals surface area contributed by atoms with Crippen molar-refractivity contribution in [1.82, 2.24) is 14.8 Å². The SMILES string of the molecule is COC(=O)c1c(C)[nH]c(C(=O)[C@H](C)OC(=O)c2ccc(-n3nccc3C)cc2)c1C. The second-order valence-corrected chi connectivity index (χ2v) is 6.96. The van der Waals surface area contributed by atoms with Gasteiger partial charge in [-0.1, -0.05) is 0 Å². The van der Waals surface area contributed by atoms with Gasteiger partial charge in [0.25, 0.3) is 0 Å². The fourth-order valence-corrected chi connectivity index (χ4v) is 3.27. The van der Waals surface area contributed by atoms with Gasteiger partial charge in [-0.25, -0.2) is 14.3 Å². The molecule has 0 aliphatic heterocycles. The van der Waals surface area contributed by atoms with Crippen molar-refractivity contribution in [3.8, 4) is 5.69 Å². The Morgan fingerprint density at radius 1 is 1.03 bits per heavy atom. The molecule has 2 aromatic heterocycles. The van der Waals surface area contributed by atoms with E-state index in [9.17, 15) is 14.4 Å². The number of nitrogens with zero attached hydrogens (tertiary/aromatic N) is 2.